The molecule has 2 aromatic carbocycles. The standard InChI is InChI=1S/C27H32F3NO/c1-26(23-14-13-22(23)19-7-3-2-4-8-19)17-20-11-12-21(18-26)31(20)15-16-32-25-10-6-5-9-24(25)27(28,29)30/h2-10,20-23H,11-18H2,1H3. The third-order valence-corrected chi connectivity index (χ3v) is 8.37. The first-order valence-corrected chi connectivity index (χ1v) is 11.9. The van der Waals surface area contributed by atoms with E-state index in [4.69, 9.17) is 4.74 Å². The monoisotopic (exact) mass is 443 g/mol. The molecular formula is C27H32F3NO. The van der Waals surface area contributed by atoms with Gasteiger partial charge < -0.3 is 4.74 Å². The fourth-order valence-electron chi connectivity index (χ4n) is 6.80. The summed E-state index contributed by atoms with van der Waals surface area (Å²) in [4.78, 5) is 2.52. The topological polar surface area (TPSA) is 12.5 Å². The lowest BCUT2D eigenvalue weighted by molar-refractivity contribution is -0.139. The lowest BCUT2D eigenvalue weighted by Gasteiger charge is -2.55. The van der Waals surface area contributed by atoms with Crippen molar-refractivity contribution in [1.82, 2.24) is 4.90 Å². The number of para-hydroxylation sites is 1. The second kappa shape index (κ2) is 8.40. The SMILES string of the molecule is CC1(C2CCC2c2ccccc2)CC2CCC(C1)N2CCOc1ccccc1C(F)(F)F. The number of nitrogens with zero attached hydrogens (tertiary/aromatic N) is 1. The molecule has 172 valence electrons. The van der Waals surface area contributed by atoms with Crippen LogP contribution in [0.1, 0.15) is 62.5 Å². The fraction of sp³-hybridized carbons (Fsp3) is 0.556. The van der Waals surface area contributed by atoms with Gasteiger partial charge in [0, 0.05) is 18.6 Å². The molecule has 3 fully saturated rings. The van der Waals surface area contributed by atoms with E-state index in [-0.39, 0.29) is 5.75 Å². The Balaban J connectivity index is 1.21. The van der Waals surface area contributed by atoms with E-state index in [0.29, 0.717) is 36.6 Å². The summed E-state index contributed by atoms with van der Waals surface area (Å²) in [6.07, 6.45) is 2.99. The minimum Gasteiger partial charge on any atom is -0.492 e. The molecule has 3 aliphatic rings. The van der Waals surface area contributed by atoms with Crippen molar-refractivity contribution in [3.63, 3.8) is 0 Å². The largest absolute Gasteiger partial charge is 0.492 e. The van der Waals surface area contributed by atoms with Crippen LogP contribution in [0.3, 0.4) is 0 Å². The first-order chi connectivity index (χ1) is 15.4. The molecule has 0 spiro atoms. The summed E-state index contributed by atoms with van der Waals surface area (Å²) in [5.74, 6) is 1.36. The molecule has 5 rings (SSSR count). The third kappa shape index (κ3) is 4.05. The van der Waals surface area contributed by atoms with Gasteiger partial charge in [0.15, 0.2) is 0 Å². The van der Waals surface area contributed by atoms with E-state index in [9.17, 15) is 13.2 Å². The van der Waals surface area contributed by atoms with Crippen LogP contribution in [-0.2, 0) is 6.18 Å². The highest BCUT2D eigenvalue weighted by Gasteiger charge is 2.53. The predicted molar refractivity (Wildman–Crippen MR) is 120 cm³/mol. The Morgan fingerprint density at radius 2 is 1.56 bits per heavy atom. The number of fused-ring (bicyclic) bond motifs is 2. The van der Waals surface area contributed by atoms with E-state index < -0.39 is 11.7 Å². The van der Waals surface area contributed by atoms with E-state index in [0.717, 1.165) is 12.0 Å². The molecule has 1 saturated carbocycles. The number of alkyl halides is 3. The number of ether oxygens (including phenoxy) is 1. The van der Waals surface area contributed by atoms with Crippen LogP contribution >= 0.6 is 0 Å². The van der Waals surface area contributed by atoms with Crippen molar-refractivity contribution in [2.75, 3.05) is 13.2 Å². The first-order valence-electron chi connectivity index (χ1n) is 11.9. The van der Waals surface area contributed by atoms with Crippen molar-refractivity contribution < 1.29 is 17.9 Å². The Hall–Kier alpha value is -2.01. The molecule has 0 aromatic heterocycles. The quantitative estimate of drug-likeness (QED) is 0.481. The van der Waals surface area contributed by atoms with Crippen LogP contribution in [-0.4, -0.2) is 30.1 Å². The molecule has 2 nitrogen and oxygen atoms in total. The van der Waals surface area contributed by atoms with Crippen LogP contribution in [0.15, 0.2) is 54.6 Å². The number of hydrogen-bond donors (Lipinski definition) is 0. The van der Waals surface area contributed by atoms with Crippen LogP contribution in [0, 0.1) is 11.3 Å². The van der Waals surface area contributed by atoms with Crippen molar-refractivity contribution in [1.29, 1.82) is 0 Å². The van der Waals surface area contributed by atoms with Crippen molar-refractivity contribution >= 4 is 0 Å². The summed E-state index contributed by atoms with van der Waals surface area (Å²) < 4.78 is 45.3. The number of halogens is 3. The van der Waals surface area contributed by atoms with Gasteiger partial charge in [0.1, 0.15) is 12.4 Å². The zero-order valence-corrected chi connectivity index (χ0v) is 18.7. The summed E-state index contributed by atoms with van der Waals surface area (Å²) in [5, 5.41) is 0. The summed E-state index contributed by atoms with van der Waals surface area (Å²) in [6, 6.07) is 17.5. The van der Waals surface area contributed by atoms with Gasteiger partial charge in [-0.3, -0.25) is 4.90 Å². The maximum Gasteiger partial charge on any atom is 0.419 e. The van der Waals surface area contributed by atoms with Crippen LogP contribution < -0.4 is 4.74 Å². The number of benzene rings is 2. The van der Waals surface area contributed by atoms with E-state index in [1.54, 1.807) is 6.07 Å². The summed E-state index contributed by atoms with van der Waals surface area (Å²) in [5.41, 5.74) is 1.15. The zero-order valence-electron chi connectivity index (χ0n) is 18.7. The minimum absolute atomic E-state index is 0.0608. The number of rotatable bonds is 6. The molecular weight excluding hydrogens is 411 g/mol. The van der Waals surface area contributed by atoms with E-state index in [2.05, 4.69) is 42.2 Å². The van der Waals surface area contributed by atoms with Gasteiger partial charge in [0.2, 0.25) is 0 Å². The fourth-order valence-corrected chi connectivity index (χ4v) is 6.80. The second-order valence-electron chi connectivity index (χ2n) is 10.2. The lowest BCUT2D eigenvalue weighted by atomic mass is 9.54. The molecule has 2 heterocycles. The first kappa shape index (κ1) is 21.8. The molecule has 2 bridgehead atoms. The zero-order chi connectivity index (χ0) is 22.3. The smallest absolute Gasteiger partial charge is 0.419 e. The van der Waals surface area contributed by atoms with Gasteiger partial charge in [-0.15, -0.1) is 0 Å². The van der Waals surface area contributed by atoms with Gasteiger partial charge in [0.25, 0.3) is 0 Å². The molecule has 1 aliphatic carbocycles. The number of hydrogen-bond acceptors (Lipinski definition) is 2. The average molecular weight is 444 g/mol. The lowest BCUT2D eigenvalue weighted by Crippen LogP contribution is -2.52. The predicted octanol–water partition coefficient (Wildman–Crippen LogP) is 6.91. The summed E-state index contributed by atoms with van der Waals surface area (Å²) >= 11 is 0. The molecule has 32 heavy (non-hydrogen) atoms. The molecule has 2 aromatic rings. The van der Waals surface area contributed by atoms with Gasteiger partial charge in [-0.25, -0.2) is 0 Å². The van der Waals surface area contributed by atoms with Crippen LogP contribution in [0.4, 0.5) is 13.2 Å². The van der Waals surface area contributed by atoms with Gasteiger partial charge in [-0.2, -0.15) is 13.2 Å². The van der Waals surface area contributed by atoms with Gasteiger partial charge in [-0.1, -0.05) is 49.4 Å². The van der Waals surface area contributed by atoms with Crippen LogP contribution in [0.25, 0.3) is 0 Å². The highest BCUT2D eigenvalue weighted by atomic mass is 19.4. The Morgan fingerprint density at radius 1 is 0.906 bits per heavy atom. The van der Waals surface area contributed by atoms with E-state index in [1.165, 1.54) is 56.2 Å². The third-order valence-electron chi connectivity index (χ3n) is 8.37. The summed E-state index contributed by atoms with van der Waals surface area (Å²) in [7, 11) is 0. The normalized spacial score (nSPS) is 32.5. The Morgan fingerprint density at radius 3 is 2.19 bits per heavy atom. The van der Waals surface area contributed by atoms with Gasteiger partial charge in [0.05, 0.1) is 5.56 Å². The van der Waals surface area contributed by atoms with Gasteiger partial charge >= 0.3 is 6.18 Å². The molecule has 2 aliphatic heterocycles. The molecule has 0 N–H and O–H groups in total. The molecule has 4 unspecified atom stereocenters. The summed E-state index contributed by atoms with van der Waals surface area (Å²) in [6.45, 7) is 3.49. The van der Waals surface area contributed by atoms with E-state index >= 15 is 0 Å². The molecule has 2 saturated heterocycles. The molecule has 4 atom stereocenters. The van der Waals surface area contributed by atoms with Crippen molar-refractivity contribution in [3.8, 4) is 5.75 Å². The number of piperidine rings is 1. The average Bonchev–Trinajstić information content (AvgIpc) is 2.97. The molecule has 5 heteroatoms. The highest BCUT2D eigenvalue weighted by molar-refractivity contribution is 5.35. The highest BCUT2D eigenvalue weighted by Crippen LogP contribution is 2.59. The van der Waals surface area contributed by atoms with Crippen molar-refractivity contribution in [3.05, 3.63) is 65.7 Å². The van der Waals surface area contributed by atoms with Crippen molar-refractivity contribution in [2.24, 2.45) is 11.3 Å². The van der Waals surface area contributed by atoms with Crippen molar-refractivity contribution in [2.45, 2.75) is 69.6 Å². The second-order valence-corrected chi connectivity index (χ2v) is 10.2. The maximum absolute atomic E-state index is 13.2. The Kier molecular flexibility index (Phi) is 5.73. The van der Waals surface area contributed by atoms with Crippen LogP contribution in [0.5, 0.6) is 5.75 Å². The maximum atomic E-state index is 13.2. The molecule has 0 radical (unpaired) electrons. The molecule has 0 amide bonds. The Labute approximate surface area is 188 Å². The van der Waals surface area contributed by atoms with Crippen LogP contribution in [0.2, 0.25) is 0 Å². The minimum atomic E-state index is -4.39. The van der Waals surface area contributed by atoms with E-state index in [1.807, 2.05) is 0 Å². The Bertz CT molecular complexity index is 914. The van der Waals surface area contributed by atoms with Gasteiger partial charge in [-0.05, 0) is 73.5 Å².